The Hall–Kier alpha value is -1.30. The highest BCUT2D eigenvalue weighted by Gasteiger charge is 2.09. The van der Waals surface area contributed by atoms with Crippen molar-refractivity contribution >= 4 is 46.1 Å². The third-order valence-electron chi connectivity index (χ3n) is 2.43. The molecular weight excluding hydrogens is 305 g/mol. The molecule has 2 N–H and O–H groups in total. The first-order valence-electron chi connectivity index (χ1n) is 5.46. The Morgan fingerprint density at radius 1 is 1.42 bits per heavy atom. The minimum atomic E-state index is -0.213. The molecule has 0 saturated heterocycles. The van der Waals surface area contributed by atoms with Crippen molar-refractivity contribution in [2.45, 2.75) is 6.54 Å². The number of hydrogen-bond acceptors (Lipinski definition) is 4. The minimum Gasteiger partial charge on any atom is -0.380 e. The van der Waals surface area contributed by atoms with E-state index in [0.717, 1.165) is 10.6 Å². The molecule has 0 aliphatic carbocycles. The highest BCUT2D eigenvalue weighted by Crippen LogP contribution is 2.22. The van der Waals surface area contributed by atoms with Crippen molar-refractivity contribution < 1.29 is 4.79 Å². The van der Waals surface area contributed by atoms with Gasteiger partial charge in [-0.25, -0.2) is 4.98 Å². The summed E-state index contributed by atoms with van der Waals surface area (Å²) in [7, 11) is 1.57. The normalized spacial score (nSPS) is 10.3. The van der Waals surface area contributed by atoms with Crippen LogP contribution in [0.2, 0.25) is 9.49 Å². The van der Waals surface area contributed by atoms with E-state index in [1.165, 1.54) is 11.3 Å². The van der Waals surface area contributed by atoms with Crippen molar-refractivity contribution in [3.8, 4) is 0 Å². The predicted octanol–water partition coefficient (Wildman–Crippen LogP) is 3.42. The zero-order valence-corrected chi connectivity index (χ0v) is 12.4. The number of thiazole rings is 1. The largest absolute Gasteiger partial charge is 0.380 e. The lowest BCUT2D eigenvalue weighted by Gasteiger charge is -2.08. The molecule has 1 heterocycles. The number of benzene rings is 1. The summed E-state index contributed by atoms with van der Waals surface area (Å²) in [6.07, 6.45) is 1.72. The van der Waals surface area contributed by atoms with Crippen LogP contribution in [0.15, 0.2) is 24.4 Å². The lowest BCUT2D eigenvalue weighted by Crippen LogP contribution is -2.18. The molecule has 0 bridgehead atoms. The molecule has 4 nitrogen and oxygen atoms in total. The van der Waals surface area contributed by atoms with Crippen LogP contribution in [0.25, 0.3) is 0 Å². The van der Waals surface area contributed by atoms with E-state index in [4.69, 9.17) is 23.2 Å². The predicted molar refractivity (Wildman–Crippen MR) is 79.3 cm³/mol. The van der Waals surface area contributed by atoms with Gasteiger partial charge in [0, 0.05) is 23.8 Å². The van der Waals surface area contributed by atoms with E-state index in [-0.39, 0.29) is 5.91 Å². The maximum atomic E-state index is 11.6. The molecule has 1 aromatic carbocycles. The van der Waals surface area contributed by atoms with Crippen LogP contribution in [0, 0.1) is 0 Å². The number of nitrogens with zero attached hydrogens (tertiary/aromatic N) is 1. The zero-order chi connectivity index (χ0) is 13.8. The molecule has 2 aromatic rings. The molecule has 0 saturated carbocycles. The fraction of sp³-hybridized carbons (Fsp3) is 0.167. The van der Waals surface area contributed by atoms with Crippen molar-refractivity contribution in [1.82, 2.24) is 10.3 Å². The monoisotopic (exact) mass is 315 g/mol. The van der Waals surface area contributed by atoms with Crippen molar-refractivity contribution in [1.29, 1.82) is 0 Å². The van der Waals surface area contributed by atoms with E-state index in [0.29, 0.717) is 21.6 Å². The van der Waals surface area contributed by atoms with Gasteiger partial charge in [0.1, 0.15) is 0 Å². The van der Waals surface area contributed by atoms with Gasteiger partial charge in [0.15, 0.2) is 4.47 Å². The number of carbonyl (C=O) groups excluding carboxylic acids is 1. The SMILES string of the molecule is CNC(=O)c1cc(NCc2cnc(Cl)s2)ccc1Cl. The molecule has 0 unspecified atom stereocenters. The van der Waals surface area contributed by atoms with Gasteiger partial charge in [-0.15, -0.1) is 11.3 Å². The Labute approximate surface area is 124 Å². The maximum Gasteiger partial charge on any atom is 0.252 e. The fourth-order valence-electron chi connectivity index (χ4n) is 1.50. The Bertz CT molecular complexity index is 600. The lowest BCUT2D eigenvalue weighted by molar-refractivity contribution is 0.0963. The first kappa shape index (κ1) is 14.1. The highest BCUT2D eigenvalue weighted by molar-refractivity contribution is 7.15. The summed E-state index contributed by atoms with van der Waals surface area (Å²) in [5.41, 5.74) is 1.25. The second-order valence-corrected chi connectivity index (χ2v) is 5.81. The number of anilines is 1. The molecule has 0 radical (unpaired) electrons. The van der Waals surface area contributed by atoms with E-state index in [9.17, 15) is 4.79 Å². The van der Waals surface area contributed by atoms with E-state index >= 15 is 0 Å². The molecule has 0 aliphatic rings. The van der Waals surface area contributed by atoms with Crippen LogP contribution in [0.5, 0.6) is 0 Å². The molecular formula is C12H11Cl2N3OS. The molecule has 0 aliphatic heterocycles. The van der Waals surface area contributed by atoms with Gasteiger partial charge in [-0.05, 0) is 18.2 Å². The van der Waals surface area contributed by atoms with Crippen LogP contribution in [0.3, 0.4) is 0 Å². The average molecular weight is 316 g/mol. The molecule has 0 spiro atoms. The lowest BCUT2D eigenvalue weighted by atomic mass is 10.2. The number of hydrogen-bond donors (Lipinski definition) is 2. The fourth-order valence-corrected chi connectivity index (χ4v) is 2.62. The first-order valence-corrected chi connectivity index (χ1v) is 7.03. The van der Waals surface area contributed by atoms with E-state index in [1.807, 2.05) is 6.07 Å². The Balaban J connectivity index is 2.10. The molecule has 1 amide bonds. The number of nitrogens with one attached hydrogen (secondary N) is 2. The van der Waals surface area contributed by atoms with Crippen molar-refractivity contribution in [3.63, 3.8) is 0 Å². The molecule has 100 valence electrons. The molecule has 0 fully saturated rings. The smallest absolute Gasteiger partial charge is 0.252 e. The van der Waals surface area contributed by atoms with E-state index in [2.05, 4.69) is 15.6 Å². The van der Waals surface area contributed by atoms with E-state index < -0.39 is 0 Å². The quantitative estimate of drug-likeness (QED) is 0.909. The third-order valence-corrected chi connectivity index (χ3v) is 3.87. The molecule has 2 rings (SSSR count). The Morgan fingerprint density at radius 2 is 2.21 bits per heavy atom. The first-order chi connectivity index (χ1) is 9.10. The Morgan fingerprint density at radius 3 is 2.84 bits per heavy atom. The topological polar surface area (TPSA) is 54.0 Å². The number of aromatic nitrogens is 1. The molecule has 0 atom stereocenters. The van der Waals surface area contributed by atoms with Crippen molar-refractivity contribution in [2.75, 3.05) is 12.4 Å². The second-order valence-electron chi connectivity index (χ2n) is 3.71. The van der Waals surface area contributed by atoms with Gasteiger partial charge in [0.2, 0.25) is 0 Å². The summed E-state index contributed by atoms with van der Waals surface area (Å²) >= 11 is 13.1. The second kappa shape index (κ2) is 6.23. The number of amides is 1. The van der Waals surface area contributed by atoms with Gasteiger partial charge < -0.3 is 10.6 Å². The molecule has 19 heavy (non-hydrogen) atoms. The van der Waals surface area contributed by atoms with Crippen LogP contribution < -0.4 is 10.6 Å². The average Bonchev–Trinajstić information content (AvgIpc) is 2.83. The summed E-state index contributed by atoms with van der Waals surface area (Å²) in [6.45, 7) is 0.596. The van der Waals surface area contributed by atoms with Crippen molar-refractivity contribution in [3.05, 3.63) is 44.3 Å². The van der Waals surface area contributed by atoms with E-state index in [1.54, 1.807) is 25.4 Å². The van der Waals surface area contributed by atoms with Gasteiger partial charge in [-0.1, -0.05) is 23.2 Å². The van der Waals surface area contributed by atoms with Gasteiger partial charge in [0.05, 0.1) is 17.1 Å². The van der Waals surface area contributed by atoms with Crippen LogP contribution in [0.4, 0.5) is 5.69 Å². The summed E-state index contributed by atoms with van der Waals surface area (Å²) in [6, 6.07) is 5.22. The maximum absolute atomic E-state index is 11.6. The van der Waals surface area contributed by atoms with Crippen LogP contribution in [-0.2, 0) is 6.54 Å². The minimum absolute atomic E-state index is 0.213. The standard InChI is InChI=1S/C12H11Cl2N3OS/c1-15-11(18)9-4-7(2-3-10(9)13)16-5-8-6-17-12(14)19-8/h2-4,6,16H,5H2,1H3,(H,15,18). The summed E-state index contributed by atoms with van der Waals surface area (Å²) < 4.78 is 0.513. The number of halogens is 2. The number of carbonyl (C=O) groups is 1. The molecule has 1 aromatic heterocycles. The summed E-state index contributed by atoms with van der Waals surface area (Å²) in [5.74, 6) is -0.213. The zero-order valence-electron chi connectivity index (χ0n) is 10.0. The van der Waals surface area contributed by atoms with Gasteiger partial charge >= 0.3 is 0 Å². The van der Waals surface area contributed by atoms with Crippen LogP contribution >= 0.6 is 34.5 Å². The number of rotatable bonds is 4. The Kier molecular flexibility index (Phi) is 4.63. The van der Waals surface area contributed by atoms with Gasteiger partial charge in [-0.3, -0.25) is 4.79 Å². The molecule has 7 heteroatoms. The highest BCUT2D eigenvalue weighted by atomic mass is 35.5. The van der Waals surface area contributed by atoms with Gasteiger partial charge in [-0.2, -0.15) is 0 Å². The van der Waals surface area contributed by atoms with Crippen molar-refractivity contribution in [2.24, 2.45) is 0 Å². The summed E-state index contributed by atoms with van der Waals surface area (Å²) in [4.78, 5) is 16.6. The summed E-state index contributed by atoms with van der Waals surface area (Å²) in [5, 5.41) is 6.17. The van der Waals surface area contributed by atoms with Gasteiger partial charge in [0.25, 0.3) is 5.91 Å². The third kappa shape index (κ3) is 3.59. The van der Waals surface area contributed by atoms with Crippen LogP contribution in [-0.4, -0.2) is 17.9 Å². The van der Waals surface area contributed by atoms with Crippen LogP contribution in [0.1, 0.15) is 15.2 Å².